The van der Waals surface area contributed by atoms with E-state index in [1.165, 1.54) is 55.0 Å². The standard InChI is InChI=1S/C46H34N6S/c1-47-34-12-8-31(9-13-34)43-50-44(32-21-41-42(49-25-32)39-26-48-17-16-40(39)53-41)52-45(51-43)38-15-14-35(36-4-2-3-5-37(36)38)30-6-10-33(11-7-30)46-22-27-18-28(23-46)20-29(19-27)24-46/h2-17,21,25-29H,18-20,22-24H2. The lowest BCUT2D eigenvalue weighted by Gasteiger charge is -2.57. The van der Waals surface area contributed by atoms with Crippen molar-refractivity contribution in [1.82, 2.24) is 24.9 Å². The molecule has 7 heteroatoms. The predicted octanol–water partition coefficient (Wildman–Crippen LogP) is 11.9. The molecule has 6 nitrogen and oxygen atoms in total. The van der Waals surface area contributed by atoms with Gasteiger partial charge in [-0.05, 0) is 107 Å². The van der Waals surface area contributed by atoms with E-state index >= 15 is 0 Å². The van der Waals surface area contributed by atoms with Crippen LogP contribution >= 0.6 is 11.3 Å². The van der Waals surface area contributed by atoms with Gasteiger partial charge in [0.15, 0.2) is 23.2 Å². The maximum atomic E-state index is 7.44. The van der Waals surface area contributed by atoms with Gasteiger partial charge in [-0.25, -0.2) is 19.8 Å². The van der Waals surface area contributed by atoms with Crippen LogP contribution in [0.4, 0.5) is 5.69 Å². The zero-order valence-electron chi connectivity index (χ0n) is 29.0. The van der Waals surface area contributed by atoms with Crippen LogP contribution in [0.15, 0.2) is 116 Å². The molecule has 4 bridgehead atoms. The molecule has 4 aromatic heterocycles. The minimum Gasteiger partial charge on any atom is -0.264 e. The number of aromatic nitrogens is 5. The molecule has 0 unspecified atom stereocenters. The molecule has 4 saturated carbocycles. The van der Waals surface area contributed by atoms with Crippen LogP contribution in [0.5, 0.6) is 0 Å². The summed E-state index contributed by atoms with van der Waals surface area (Å²) in [6.07, 6.45) is 14.1. The second kappa shape index (κ2) is 11.8. The van der Waals surface area contributed by atoms with Crippen molar-refractivity contribution >= 4 is 48.1 Å². The van der Waals surface area contributed by atoms with Gasteiger partial charge in [-0.2, -0.15) is 0 Å². The van der Waals surface area contributed by atoms with Crippen molar-refractivity contribution in [2.75, 3.05) is 0 Å². The number of fused-ring (bicyclic) bond motifs is 4. The summed E-state index contributed by atoms with van der Waals surface area (Å²) < 4.78 is 2.20. The number of nitrogens with zero attached hydrogens (tertiary/aromatic N) is 6. The van der Waals surface area contributed by atoms with Gasteiger partial charge in [-0.3, -0.25) is 9.97 Å². The highest BCUT2D eigenvalue weighted by Gasteiger charge is 2.51. The van der Waals surface area contributed by atoms with Crippen molar-refractivity contribution in [1.29, 1.82) is 0 Å². The Labute approximate surface area is 311 Å². The SMILES string of the molecule is [C-]#[N+]c1ccc(-c2nc(-c3cnc4c(c3)sc3ccncc34)nc(-c3ccc(-c4ccc(C56CC7CC(CC(C7)C5)C6)cc4)c4ccccc34)n2)cc1. The molecule has 12 rings (SSSR count). The van der Waals surface area contributed by atoms with E-state index in [9.17, 15) is 0 Å². The van der Waals surface area contributed by atoms with Gasteiger partial charge in [-0.1, -0.05) is 78.9 Å². The Morgan fingerprint density at radius 3 is 1.96 bits per heavy atom. The monoisotopic (exact) mass is 702 g/mol. The summed E-state index contributed by atoms with van der Waals surface area (Å²) in [4.78, 5) is 28.0. The summed E-state index contributed by atoms with van der Waals surface area (Å²) in [7, 11) is 0. The Kier molecular flexibility index (Phi) is 6.87. The fraction of sp³-hybridized carbons (Fsp3) is 0.217. The van der Waals surface area contributed by atoms with Crippen LogP contribution in [0.3, 0.4) is 0 Å². The Bertz CT molecular complexity index is 2740. The molecule has 0 atom stereocenters. The van der Waals surface area contributed by atoms with Crippen molar-refractivity contribution in [3.8, 4) is 45.3 Å². The maximum absolute atomic E-state index is 7.44. The second-order valence-corrected chi connectivity index (χ2v) is 16.6. The van der Waals surface area contributed by atoms with Crippen LogP contribution in [-0.2, 0) is 5.41 Å². The molecule has 0 saturated heterocycles. The summed E-state index contributed by atoms with van der Waals surface area (Å²) in [6.45, 7) is 7.44. The van der Waals surface area contributed by atoms with E-state index in [0.717, 1.165) is 60.1 Å². The first-order valence-electron chi connectivity index (χ1n) is 18.6. The van der Waals surface area contributed by atoms with E-state index < -0.39 is 0 Å². The topological polar surface area (TPSA) is 68.8 Å². The Morgan fingerprint density at radius 2 is 1.25 bits per heavy atom. The molecular weight excluding hydrogens is 669 g/mol. The third kappa shape index (κ3) is 5.08. The molecule has 0 N–H and O–H groups in total. The second-order valence-electron chi connectivity index (χ2n) is 15.5. The highest BCUT2D eigenvalue weighted by atomic mass is 32.1. The molecule has 0 radical (unpaired) electrons. The van der Waals surface area contributed by atoms with E-state index in [2.05, 4.69) is 76.6 Å². The van der Waals surface area contributed by atoms with Crippen LogP contribution < -0.4 is 0 Å². The molecule has 254 valence electrons. The summed E-state index contributed by atoms with van der Waals surface area (Å²) >= 11 is 1.69. The molecule has 8 aromatic rings. The zero-order valence-corrected chi connectivity index (χ0v) is 29.9. The molecule has 4 fully saturated rings. The molecule has 0 aliphatic heterocycles. The largest absolute Gasteiger partial charge is 0.264 e. The third-order valence-corrected chi connectivity index (χ3v) is 13.4. The molecule has 4 aliphatic carbocycles. The molecule has 4 aromatic carbocycles. The fourth-order valence-corrected chi connectivity index (χ4v) is 11.3. The van der Waals surface area contributed by atoms with Crippen molar-refractivity contribution < 1.29 is 0 Å². The average Bonchev–Trinajstić information content (AvgIpc) is 3.58. The zero-order chi connectivity index (χ0) is 35.1. The van der Waals surface area contributed by atoms with Gasteiger partial charge in [0.2, 0.25) is 0 Å². The summed E-state index contributed by atoms with van der Waals surface area (Å²) in [5, 5.41) is 3.30. The van der Waals surface area contributed by atoms with Gasteiger partial charge >= 0.3 is 0 Å². The van der Waals surface area contributed by atoms with Crippen LogP contribution in [0.25, 0.3) is 81.2 Å². The number of thiophene rings is 1. The predicted molar refractivity (Wildman–Crippen MR) is 214 cm³/mol. The lowest BCUT2D eigenvalue weighted by atomic mass is 9.48. The van der Waals surface area contributed by atoms with Crippen molar-refractivity contribution in [2.45, 2.75) is 43.9 Å². The lowest BCUT2D eigenvalue weighted by molar-refractivity contribution is -0.00518. The van der Waals surface area contributed by atoms with Gasteiger partial charge < -0.3 is 0 Å². The number of pyridine rings is 2. The normalized spacial score (nSPS) is 21.8. The summed E-state index contributed by atoms with van der Waals surface area (Å²) in [6, 6.07) is 34.1. The fourth-order valence-electron chi connectivity index (χ4n) is 10.3. The van der Waals surface area contributed by atoms with Crippen molar-refractivity contribution in [3.63, 3.8) is 0 Å². The maximum Gasteiger partial charge on any atom is 0.187 e. The number of rotatable bonds is 5. The van der Waals surface area contributed by atoms with Gasteiger partial charge in [-0.15, -0.1) is 11.3 Å². The number of hydrogen-bond acceptors (Lipinski definition) is 6. The van der Waals surface area contributed by atoms with E-state index in [-0.39, 0.29) is 0 Å². The lowest BCUT2D eigenvalue weighted by Crippen LogP contribution is -2.48. The summed E-state index contributed by atoms with van der Waals surface area (Å²) in [5.41, 5.74) is 8.47. The van der Waals surface area contributed by atoms with Gasteiger partial charge in [0.25, 0.3) is 0 Å². The Morgan fingerprint density at radius 1 is 0.604 bits per heavy atom. The van der Waals surface area contributed by atoms with Crippen LogP contribution in [0.1, 0.15) is 44.1 Å². The number of benzene rings is 4. The van der Waals surface area contributed by atoms with E-state index in [1.807, 2.05) is 48.9 Å². The molecule has 4 heterocycles. The van der Waals surface area contributed by atoms with Crippen LogP contribution in [-0.4, -0.2) is 24.9 Å². The van der Waals surface area contributed by atoms with Gasteiger partial charge in [0.05, 0.1) is 16.8 Å². The Balaban J connectivity index is 1.02. The van der Waals surface area contributed by atoms with E-state index in [1.54, 1.807) is 16.9 Å². The summed E-state index contributed by atoms with van der Waals surface area (Å²) in [5.74, 6) is 4.49. The number of hydrogen-bond donors (Lipinski definition) is 0. The first kappa shape index (κ1) is 30.8. The van der Waals surface area contributed by atoms with Crippen LogP contribution in [0.2, 0.25) is 0 Å². The highest BCUT2D eigenvalue weighted by Crippen LogP contribution is 2.60. The highest BCUT2D eigenvalue weighted by molar-refractivity contribution is 7.25. The van der Waals surface area contributed by atoms with Gasteiger partial charge in [0.1, 0.15) is 0 Å². The molecule has 0 spiro atoms. The third-order valence-electron chi connectivity index (χ3n) is 12.3. The minimum atomic E-state index is 0.387. The van der Waals surface area contributed by atoms with E-state index in [0.29, 0.717) is 28.6 Å². The van der Waals surface area contributed by atoms with Crippen molar-refractivity contribution in [3.05, 3.63) is 133 Å². The van der Waals surface area contributed by atoms with Crippen LogP contribution in [0, 0.1) is 24.3 Å². The first-order valence-corrected chi connectivity index (χ1v) is 19.4. The smallest absolute Gasteiger partial charge is 0.187 e. The average molecular weight is 703 g/mol. The quantitative estimate of drug-likeness (QED) is 0.167. The van der Waals surface area contributed by atoms with Crippen molar-refractivity contribution in [2.24, 2.45) is 17.8 Å². The molecular formula is C46H34N6S. The molecule has 4 aliphatic rings. The van der Waals surface area contributed by atoms with E-state index in [4.69, 9.17) is 26.5 Å². The first-order chi connectivity index (χ1) is 26.1. The minimum absolute atomic E-state index is 0.387. The molecule has 53 heavy (non-hydrogen) atoms. The molecule has 0 amide bonds. The Hall–Kier alpha value is -5.84. The van der Waals surface area contributed by atoms with Gasteiger partial charge in [0, 0.05) is 45.4 Å².